The van der Waals surface area contributed by atoms with Gasteiger partial charge in [0.15, 0.2) is 0 Å². The molecule has 1 aliphatic heterocycles. The molecule has 0 spiro atoms. The van der Waals surface area contributed by atoms with Crippen molar-refractivity contribution < 1.29 is 18.0 Å². The summed E-state index contributed by atoms with van der Waals surface area (Å²) in [4.78, 5) is 19.5. The summed E-state index contributed by atoms with van der Waals surface area (Å²) in [6, 6.07) is 13.8. The molecule has 4 aromatic rings. The topological polar surface area (TPSA) is 75.0 Å². The van der Waals surface area contributed by atoms with Crippen molar-refractivity contribution in [2.75, 3.05) is 6.54 Å². The number of benzene rings is 2. The number of carbonyl (C=O) groups is 1. The Balaban J connectivity index is 1.35. The molecule has 0 saturated carbocycles. The molecule has 5 rings (SSSR count). The number of likely N-dealkylation sites (tertiary alicyclic amines) is 1. The molecule has 8 heteroatoms. The van der Waals surface area contributed by atoms with Crippen molar-refractivity contribution in [2.24, 2.45) is 0 Å². The van der Waals surface area contributed by atoms with Gasteiger partial charge in [0.25, 0.3) is 5.91 Å². The van der Waals surface area contributed by atoms with Gasteiger partial charge in [-0.2, -0.15) is 5.10 Å². The monoisotopic (exact) mass is 448 g/mol. The summed E-state index contributed by atoms with van der Waals surface area (Å²) < 4.78 is 33.3. The zero-order chi connectivity index (χ0) is 22.8. The summed E-state index contributed by atoms with van der Waals surface area (Å²) in [5, 5.41) is 6.89. The third kappa shape index (κ3) is 4.41. The number of aromatic amines is 1. The Labute approximate surface area is 189 Å². The number of rotatable bonds is 5. The van der Waals surface area contributed by atoms with Crippen LogP contribution in [-0.2, 0) is 6.42 Å². The lowest BCUT2D eigenvalue weighted by molar-refractivity contribution is 0.0564. The third-order valence-electron chi connectivity index (χ3n) is 5.87. The SMILES string of the molecule is O=C(c1cc(-c2ccccc2F)n[nH]1)N1CCCC[C@@H]1c1ncc(Cc2ccc(F)cc2)o1. The molecule has 0 radical (unpaired) electrons. The van der Waals surface area contributed by atoms with E-state index in [1.54, 1.807) is 47.5 Å². The quantitative estimate of drug-likeness (QED) is 0.450. The molecule has 168 valence electrons. The third-order valence-corrected chi connectivity index (χ3v) is 5.87. The molecule has 33 heavy (non-hydrogen) atoms. The molecule has 2 aromatic heterocycles. The predicted molar refractivity (Wildman–Crippen MR) is 117 cm³/mol. The second kappa shape index (κ2) is 8.97. The van der Waals surface area contributed by atoms with Crippen molar-refractivity contribution in [3.05, 3.63) is 95.3 Å². The van der Waals surface area contributed by atoms with E-state index in [-0.39, 0.29) is 17.8 Å². The maximum Gasteiger partial charge on any atom is 0.272 e. The number of amides is 1. The highest BCUT2D eigenvalue weighted by Gasteiger charge is 2.33. The van der Waals surface area contributed by atoms with E-state index in [0.29, 0.717) is 41.6 Å². The fourth-order valence-corrected chi connectivity index (χ4v) is 4.19. The lowest BCUT2D eigenvalue weighted by Crippen LogP contribution is -2.38. The number of aromatic nitrogens is 3. The van der Waals surface area contributed by atoms with Crippen molar-refractivity contribution in [1.82, 2.24) is 20.1 Å². The fourth-order valence-electron chi connectivity index (χ4n) is 4.19. The van der Waals surface area contributed by atoms with Gasteiger partial charge in [-0.05, 0) is 55.2 Å². The van der Waals surface area contributed by atoms with Crippen LogP contribution in [0.5, 0.6) is 0 Å². The summed E-state index contributed by atoms with van der Waals surface area (Å²) in [5.41, 5.74) is 1.91. The normalized spacial score (nSPS) is 16.2. The van der Waals surface area contributed by atoms with Gasteiger partial charge in [0.2, 0.25) is 5.89 Å². The van der Waals surface area contributed by atoms with E-state index in [4.69, 9.17) is 4.42 Å². The minimum atomic E-state index is -0.396. The van der Waals surface area contributed by atoms with E-state index >= 15 is 0 Å². The summed E-state index contributed by atoms with van der Waals surface area (Å²) >= 11 is 0. The van der Waals surface area contributed by atoms with E-state index in [2.05, 4.69) is 15.2 Å². The lowest BCUT2D eigenvalue weighted by Gasteiger charge is -2.33. The van der Waals surface area contributed by atoms with Gasteiger partial charge in [0, 0.05) is 18.5 Å². The van der Waals surface area contributed by atoms with Gasteiger partial charge in [-0.3, -0.25) is 9.89 Å². The number of nitrogens with zero attached hydrogens (tertiary/aromatic N) is 3. The van der Waals surface area contributed by atoms with E-state index in [1.807, 2.05) is 0 Å². The van der Waals surface area contributed by atoms with Gasteiger partial charge in [-0.1, -0.05) is 24.3 Å². The first-order chi connectivity index (χ1) is 16.1. The van der Waals surface area contributed by atoms with Gasteiger partial charge >= 0.3 is 0 Å². The van der Waals surface area contributed by atoms with E-state index < -0.39 is 5.82 Å². The first-order valence-corrected chi connectivity index (χ1v) is 10.9. The number of piperidine rings is 1. The number of hydrogen-bond acceptors (Lipinski definition) is 4. The molecule has 6 nitrogen and oxygen atoms in total. The average Bonchev–Trinajstić information content (AvgIpc) is 3.51. The molecular weight excluding hydrogens is 426 g/mol. The smallest absolute Gasteiger partial charge is 0.272 e. The van der Waals surface area contributed by atoms with Crippen LogP contribution in [-0.4, -0.2) is 32.5 Å². The zero-order valence-electron chi connectivity index (χ0n) is 17.8. The Morgan fingerprint density at radius 1 is 1.12 bits per heavy atom. The van der Waals surface area contributed by atoms with Crippen molar-refractivity contribution in [3.63, 3.8) is 0 Å². The number of nitrogens with one attached hydrogen (secondary N) is 1. The van der Waals surface area contributed by atoms with Gasteiger partial charge < -0.3 is 9.32 Å². The molecule has 1 N–H and O–H groups in total. The first kappa shape index (κ1) is 21.1. The minimum Gasteiger partial charge on any atom is -0.443 e. The number of carbonyl (C=O) groups excluding carboxylic acids is 1. The van der Waals surface area contributed by atoms with E-state index in [0.717, 1.165) is 24.8 Å². The Kier molecular flexibility index (Phi) is 5.73. The lowest BCUT2D eigenvalue weighted by atomic mass is 10.0. The van der Waals surface area contributed by atoms with Crippen molar-refractivity contribution in [3.8, 4) is 11.3 Å². The van der Waals surface area contributed by atoms with Crippen LogP contribution in [0.2, 0.25) is 0 Å². The molecule has 1 fully saturated rings. The standard InChI is InChI=1S/C25H22F2N4O2/c26-17-10-8-16(9-11-17)13-18-15-28-24(33-18)23-7-3-4-12-31(23)25(32)22-14-21(29-30-22)19-5-1-2-6-20(19)27/h1-2,5-6,8-11,14-15,23H,3-4,7,12-13H2,(H,29,30)/t23-/m1/s1. The van der Waals surface area contributed by atoms with Gasteiger partial charge in [-0.25, -0.2) is 13.8 Å². The van der Waals surface area contributed by atoms with Crippen molar-refractivity contribution >= 4 is 5.91 Å². The summed E-state index contributed by atoms with van der Waals surface area (Å²) in [6.07, 6.45) is 4.70. The molecule has 1 amide bonds. The first-order valence-electron chi connectivity index (χ1n) is 10.9. The summed E-state index contributed by atoms with van der Waals surface area (Å²) in [7, 11) is 0. The Hall–Kier alpha value is -3.81. The van der Waals surface area contributed by atoms with Gasteiger partial charge in [0.1, 0.15) is 29.1 Å². The largest absolute Gasteiger partial charge is 0.443 e. The average molecular weight is 448 g/mol. The predicted octanol–water partition coefficient (Wildman–Crippen LogP) is 5.30. The van der Waals surface area contributed by atoms with Crippen LogP contribution in [0.25, 0.3) is 11.3 Å². The Morgan fingerprint density at radius 2 is 1.94 bits per heavy atom. The number of H-pyrrole nitrogens is 1. The van der Waals surface area contributed by atoms with Crippen molar-refractivity contribution in [1.29, 1.82) is 0 Å². The van der Waals surface area contributed by atoms with Crippen LogP contribution in [0.1, 0.15) is 53.0 Å². The van der Waals surface area contributed by atoms with Crippen LogP contribution >= 0.6 is 0 Å². The van der Waals surface area contributed by atoms with Crippen LogP contribution in [0.15, 0.2) is 65.2 Å². The highest BCUT2D eigenvalue weighted by Crippen LogP contribution is 2.32. The molecule has 0 unspecified atom stereocenters. The van der Waals surface area contributed by atoms with Crippen LogP contribution < -0.4 is 0 Å². The molecule has 2 aromatic carbocycles. The number of halogens is 2. The van der Waals surface area contributed by atoms with Crippen LogP contribution in [0.4, 0.5) is 8.78 Å². The van der Waals surface area contributed by atoms with E-state index in [1.165, 1.54) is 18.2 Å². The molecular formula is C25H22F2N4O2. The molecule has 0 aliphatic carbocycles. The van der Waals surface area contributed by atoms with Crippen LogP contribution in [0, 0.1) is 11.6 Å². The van der Waals surface area contributed by atoms with Crippen molar-refractivity contribution in [2.45, 2.75) is 31.7 Å². The van der Waals surface area contributed by atoms with E-state index in [9.17, 15) is 13.6 Å². The zero-order valence-corrected chi connectivity index (χ0v) is 17.8. The molecule has 1 saturated heterocycles. The maximum atomic E-state index is 14.1. The molecule has 3 heterocycles. The Morgan fingerprint density at radius 3 is 2.76 bits per heavy atom. The Bertz CT molecular complexity index is 1270. The summed E-state index contributed by atoms with van der Waals surface area (Å²) in [5.74, 6) is 0.220. The number of oxazole rings is 1. The minimum absolute atomic E-state index is 0.229. The fraction of sp³-hybridized carbons (Fsp3) is 0.240. The highest BCUT2D eigenvalue weighted by atomic mass is 19.1. The number of hydrogen-bond donors (Lipinski definition) is 1. The second-order valence-electron chi connectivity index (χ2n) is 8.12. The highest BCUT2D eigenvalue weighted by molar-refractivity contribution is 5.93. The molecule has 1 aliphatic rings. The second-order valence-corrected chi connectivity index (χ2v) is 8.12. The maximum absolute atomic E-state index is 14.1. The molecule has 1 atom stereocenters. The summed E-state index contributed by atoms with van der Waals surface area (Å²) in [6.45, 7) is 0.563. The molecule has 0 bridgehead atoms. The van der Waals surface area contributed by atoms with Gasteiger partial charge in [0.05, 0.1) is 11.9 Å². The van der Waals surface area contributed by atoms with Gasteiger partial charge in [-0.15, -0.1) is 0 Å². The van der Waals surface area contributed by atoms with Crippen LogP contribution in [0.3, 0.4) is 0 Å².